The molecule has 1 aliphatic heterocycles. The van der Waals surface area contributed by atoms with Gasteiger partial charge in [0.15, 0.2) is 15.7 Å². The largest absolute Gasteiger partial charge is 0.494 e. The summed E-state index contributed by atoms with van der Waals surface area (Å²) in [5.41, 5.74) is 1.65. The maximum absolute atomic E-state index is 13.2. The average Bonchev–Trinajstić information content (AvgIpc) is 3.04. The number of halogens is 1. The van der Waals surface area contributed by atoms with Gasteiger partial charge in [-0.1, -0.05) is 23.7 Å². The minimum absolute atomic E-state index is 0.0446. The highest BCUT2D eigenvalue weighted by molar-refractivity contribution is 7.92. The molecule has 2 N–H and O–H groups in total. The molecule has 1 saturated heterocycles. The predicted molar refractivity (Wildman–Crippen MR) is 118 cm³/mol. The molecule has 158 valence electrons. The minimum Gasteiger partial charge on any atom is -0.494 e. The zero-order chi connectivity index (χ0) is 21.5. The van der Waals surface area contributed by atoms with Crippen molar-refractivity contribution in [1.82, 2.24) is 19.8 Å². The average molecular weight is 447 g/mol. The van der Waals surface area contributed by atoms with E-state index in [1.54, 1.807) is 24.3 Å². The van der Waals surface area contributed by atoms with Crippen molar-refractivity contribution in [2.75, 3.05) is 33.2 Å². The second-order valence-electron chi connectivity index (χ2n) is 7.43. The Morgan fingerprint density at radius 1 is 1.23 bits per heavy atom. The van der Waals surface area contributed by atoms with E-state index in [0.29, 0.717) is 34.9 Å². The van der Waals surface area contributed by atoms with Gasteiger partial charge < -0.3 is 15.0 Å². The normalized spacial score (nSPS) is 17.3. The Labute approximate surface area is 180 Å². The second kappa shape index (κ2) is 8.03. The molecule has 7 nitrogen and oxygen atoms in total. The maximum atomic E-state index is 13.2. The molecule has 0 amide bonds. The Hall–Kier alpha value is -2.39. The van der Waals surface area contributed by atoms with Gasteiger partial charge in [-0.2, -0.15) is 0 Å². The summed E-state index contributed by atoms with van der Waals surface area (Å²) < 4.78 is 26.4. The topological polar surface area (TPSA) is 89.5 Å². The van der Waals surface area contributed by atoms with E-state index >= 15 is 0 Å². The number of aromatic nitrogens is 2. The number of rotatable bonds is 5. The Morgan fingerprint density at radius 2 is 1.97 bits per heavy atom. The highest BCUT2D eigenvalue weighted by atomic mass is 35.5. The zero-order valence-corrected chi connectivity index (χ0v) is 18.1. The van der Waals surface area contributed by atoms with Crippen LogP contribution in [0, 0.1) is 0 Å². The molecule has 0 spiro atoms. The van der Waals surface area contributed by atoms with Gasteiger partial charge in [0.05, 0.1) is 21.7 Å². The lowest BCUT2D eigenvalue weighted by Crippen LogP contribution is -2.50. The number of fused-ring (bicyclic) bond motifs is 1. The Bertz CT molecular complexity index is 1180. The first-order valence-electron chi connectivity index (χ1n) is 9.57. The van der Waals surface area contributed by atoms with Gasteiger partial charge in [0, 0.05) is 42.8 Å². The molecule has 0 aliphatic carbocycles. The molecule has 1 atom stereocenters. The highest BCUT2D eigenvalue weighted by Gasteiger charge is 2.32. The summed E-state index contributed by atoms with van der Waals surface area (Å²) >= 11 is 6.01. The number of hydrogen-bond acceptors (Lipinski definition) is 6. The molecular formula is C21H23ClN4O3S. The molecule has 1 aromatic carbocycles. The number of aromatic hydroxyl groups is 1. The number of likely N-dealkylation sites (N-methyl/N-ethyl adjacent to an activating group) is 1. The van der Waals surface area contributed by atoms with E-state index < -0.39 is 15.2 Å². The van der Waals surface area contributed by atoms with Crippen LogP contribution in [0.3, 0.4) is 0 Å². The van der Waals surface area contributed by atoms with E-state index in [4.69, 9.17) is 11.6 Å². The van der Waals surface area contributed by atoms with Gasteiger partial charge >= 0.3 is 0 Å². The van der Waals surface area contributed by atoms with Crippen LogP contribution in [0.5, 0.6) is 5.88 Å². The fourth-order valence-electron chi connectivity index (χ4n) is 3.80. The molecule has 3 heterocycles. The standard InChI is InChI=1S/C21H23ClN4O3S/c1-3-19(26-10-8-25(2)9-11-26)30(28,29)15-5-7-17(23-13-15)20-16-6-4-14(22)12-18(16)24-21(20)27/h3-7,12-13,19,24,27H,1,8-11H2,2H3. The molecule has 1 fully saturated rings. The van der Waals surface area contributed by atoms with Gasteiger partial charge in [0.25, 0.3) is 0 Å². The number of H-pyrrole nitrogens is 1. The smallest absolute Gasteiger partial charge is 0.199 e. The van der Waals surface area contributed by atoms with Crippen LogP contribution < -0.4 is 0 Å². The van der Waals surface area contributed by atoms with Gasteiger partial charge in [-0.05, 0) is 31.3 Å². The molecule has 0 saturated carbocycles. The number of piperazine rings is 1. The Balaban J connectivity index is 1.66. The minimum atomic E-state index is -3.67. The van der Waals surface area contributed by atoms with Gasteiger partial charge in [0.2, 0.25) is 0 Å². The molecule has 0 radical (unpaired) electrons. The van der Waals surface area contributed by atoms with Crippen LogP contribution in [0.1, 0.15) is 0 Å². The maximum Gasteiger partial charge on any atom is 0.199 e. The summed E-state index contributed by atoms with van der Waals surface area (Å²) in [5.74, 6) is -0.0446. The van der Waals surface area contributed by atoms with Crippen LogP contribution in [-0.2, 0) is 9.84 Å². The molecule has 30 heavy (non-hydrogen) atoms. The fraction of sp³-hybridized carbons (Fsp3) is 0.286. The lowest BCUT2D eigenvalue weighted by atomic mass is 10.1. The van der Waals surface area contributed by atoms with E-state index in [-0.39, 0.29) is 10.8 Å². The van der Waals surface area contributed by atoms with Crippen LogP contribution in [-0.4, -0.2) is 71.9 Å². The van der Waals surface area contributed by atoms with Crippen LogP contribution >= 0.6 is 11.6 Å². The van der Waals surface area contributed by atoms with Crippen molar-refractivity contribution in [1.29, 1.82) is 0 Å². The predicted octanol–water partition coefficient (Wildman–Crippen LogP) is 3.12. The van der Waals surface area contributed by atoms with E-state index in [0.717, 1.165) is 18.5 Å². The monoisotopic (exact) mass is 446 g/mol. The Morgan fingerprint density at radius 3 is 2.60 bits per heavy atom. The quantitative estimate of drug-likeness (QED) is 0.585. The summed E-state index contributed by atoms with van der Waals surface area (Å²) in [6.45, 7) is 6.68. The SMILES string of the molecule is C=CC(N1CCN(C)CC1)S(=O)(=O)c1ccc(-c2c(O)[nH]c3cc(Cl)ccc23)nc1. The van der Waals surface area contributed by atoms with Crippen molar-refractivity contribution in [3.05, 3.63) is 54.2 Å². The number of sulfone groups is 1. The van der Waals surface area contributed by atoms with E-state index in [2.05, 4.69) is 21.4 Å². The number of benzene rings is 1. The van der Waals surface area contributed by atoms with Gasteiger partial charge in [-0.25, -0.2) is 8.42 Å². The van der Waals surface area contributed by atoms with Crippen molar-refractivity contribution in [3.8, 4) is 17.1 Å². The zero-order valence-electron chi connectivity index (χ0n) is 16.5. The van der Waals surface area contributed by atoms with Crippen LogP contribution in [0.4, 0.5) is 0 Å². The summed E-state index contributed by atoms with van der Waals surface area (Å²) in [7, 11) is -1.65. The van der Waals surface area contributed by atoms with Crippen molar-refractivity contribution in [2.24, 2.45) is 0 Å². The molecule has 4 rings (SSSR count). The Kier molecular flexibility index (Phi) is 5.59. The number of nitrogens with zero attached hydrogens (tertiary/aromatic N) is 3. The molecule has 1 unspecified atom stereocenters. The van der Waals surface area contributed by atoms with E-state index in [1.807, 2.05) is 11.9 Å². The lowest BCUT2D eigenvalue weighted by Gasteiger charge is -2.36. The molecule has 3 aromatic rings. The second-order valence-corrected chi connectivity index (χ2v) is 9.91. The van der Waals surface area contributed by atoms with Crippen LogP contribution in [0.2, 0.25) is 5.02 Å². The first kappa shape index (κ1) is 20.9. The van der Waals surface area contributed by atoms with E-state index in [9.17, 15) is 13.5 Å². The van der Waals surface area contributed by atoms with Crippen molar-refractivity contribution >= 4 is 32.3 Å². The molecular weight excluding hydrogens is 424 g/mol. The van der Waals surface area contributed by atoms with Crippen molar-refractivity contribution in [2.45, 2.75) is 10.3 Å². The third-order valence-electron chi connectivity index (χ3n) is 5.48. The third-order valence-corrected chi connectivity index (χ3v) is 7.74. The number of aromatic amines is 1. The summed E-state index contributed by atoms with van der Waals surface area (Å²) in [5, 5.41) is 10.8. The first-order valence-corrected chi connectivity index (χ1v) is 11.5. The van der Waals surface area contributed by atoms with E-state index in [1.165, 1.54) is 18.3 Å². The molecule has 2 aromatic heterocycles. The van der Waals surface area contributed by atoms with Gasteiger partial charge in [-0.3, -0.25) is 9.88 Å². The van der Waals surface area contributed by atoms with Crippen molar-refractivity contribution < 1.29 is 13.5 Å². The lowest BCUT2D eigenvalue weighted by molar-refractivity contribution is 0.154. The van der Waals surface area contributed by atoms with Crippen LogP contribution in [0.15, 0.2) is 54.1 Å². The number of pyridine rings is 1. The fourth-order valence-corrected chi connectivity index (χ4v) is 5.56. The van der Waals surface area contributed by atoms with Crippen molar-refractivity contribution in [3.63, 3.8) is 0 Å². The molecule has 1 aliphatic rings. The summed E-state index contributed by atoms with van der Waals surface area (Å²) in [6, 6.07) is 8.36. The summed E-state index contributed by atoms with van der Waals surface area (Å²) in [6.07, 6.45) is 2.81. The van der Waals surface area contributed by atoms with Gasteiger partial charge in [0.1, 0.15) is 5.37 Å². The summed E-state index contributed by atoms with van der Waals surface area (Å²) in [4.78, 5) is 11.4. The third kappa shape index (κ3) is 3.72. The van der Waals surface area contributed by atoms with Crippen LogP contribution in [0.25, 0.3) is 22.2 Å². The first-order chi connectivity index (χ1) is 14.3. The number of hydrogen-bond donors (Lipinski definition) is 2. The van der Waals surface area contributed by atoms with Gasteiger partial charge in [-0.15, -0.1) is 6.58 Å². The highest BCUT2D eigenvalue weighted by Crippen LogP contribution is 2.37. The number of nitrogens with one attached hydrogen (secondary N) is 1. The molecule has 0 bridgehead atoms. The molecule has 9 heteroatoms.